The van der Waals surface area contributed by atoms with Gasteiger partial charge in [-0.05, 0) is 33.4 Å². The number of carbonyl (C=O) groups is 3. The van der Waals surface area contributed by atoms with E-state index in [1.807, 2.05) is 50.2 Å². The third-order valence-electron chi connectivity index (χ3n) is 7.00. The molecule has 2 amide bonds. The fourth-order valence-electron chi connectivity index (χ4n) is 5.11. The van der Waals surface area contributed by atoms with Gasteiger partial charge < -0.3 is 21.5 Å². The lowest BCUT2D eigenvalue weighted by Crippen LogP contribution is -2.65. The van der Waals surface area contributed by atoms with E-state index < -0.39 is 23.5 Å². The number of aliphatic carboxylic acids is 1. The summed E-state index contributed by atoms with van der Waals surface area (Å²) in [4.78, 5) is 38.6. The minimum absolute atomic E-state index is 0. The summed E-state index contributed by atoms with van der Waals surface area (Å²) in [5.74, 6) is -2.05. The molecule has 1 atom stereocenters. The first-order valence-corrected chi connectivity index (χ1v) is 12.6. The number of hydrogen-bond acceptors (Lipinski definition) is 5. The smallest absolute Gasteiger partial charge is 0.317 e. The van der Waals surface area contributed by atoms with Crippen LogP contribution in [0.25, 0.3) is 10.8 Å². The van der Waals surface area contributed by atoms with Crippen LogP contribution in [0.2, 0.25) is 0 Å². The second-order valence-electron chi connectivity index (χ2n) is 10.1. The van der Waals surface area contributed by atoms with Gasteiger partial charge in [0.15, 0.2) is 0 Å². The van der Waals surface area contributed by atoms with E-state index in [-0.39, 0.29) is 55.6 Å². The maximum absolute atomic E-state index is 13.9. The average molecular weight is 589 g/mol. The second kappa shape index (κ2) is 13.6. The Morgan fingerprint density at radius 3 is 2.05 bits per heavy atom. The molecule has 0 aliphatic heterocycles. The Morgan fingerprint density at radius 2 is 1.55 bits per heavy atom. The molecule has 11 heteroatoms. The number of nitrogens with two attached hydrogens (primary N) is 1. The van der Waals surface area contributed by atoms with Crippen molar-refractivity contribution < 1.29 is 19.5 Å². The number of amidine groups is 1. The van der Waals surface area contributed by atoms with Gasteiger partial charge in [-0.3, -0.25) is 25.1 Å². The molecule has 4 rings (SSSR count). The van der Waals surface area contributed by atoms with Crippen molar-refractivity contribution >= 4 is 59.2 Å². The predicted octanol–water partition coefficient (Wildman–Crippen LogP) is 2.94. The van der Waals surface area contributed by atoms with Crippen molar-refractivity contribution in [3.8, 4) is 0 Å². The van der Waals surface area contributed by atoms with Crippen molar-refractivity contribution in [3.05, 3.63) is 82.9 Å². The molecule has 1 aliphatic rings. The fourth-order valence-corrected chi connectivity index (χ4v) is 5.11. The van der Waals surface area contributed by atoms with Crippen LogP contribution in [0.15, 0.2) is 60.7 Å². The largest absolute Gasteiger partial charge is 0.480 e. The van der Waals surface area contributed by atoms with E-state index in [0.29, 0.717) is 18.4 Å². The molecule has 0 bridgehead atoms. The molecule has 40 heavy (non-hydrogen) atoms. The van der Waals surface area contributed by atoms with Crippen molar-refractivity contribution in [2.75, 3.05) is 6.54 Å². The van der Waals surface area contributed by atoms with E-state index >= 15 is 0 Å². The average Bonchev–Trinajstić information content (AvgIpc) is 2.87. The highest BCUT2D eigenvalue weighted by Gasteiger charge is 2.44. The van der Waals surface area contributed by atoms with Gasteiger partial charge >= 0.3 is 5.97 Å². The van der Waals surface area contributed by atoms with Crippen LogP contribution in [0.1, 0.15) is 36.1 Å². The third-order valence-corrected chi connectivity index (χ3v) is 7.00. The molecule has 9 nitrogen and oxygen atoms in total. The Labute approximate surface area is 245 Å². The van der Waals surface area contributed by atoms with Gasteiger partial charge in [-0.2, -0.15) is 0 Å². The number of carboxylic acid groups (broad SMARTS) is 1. The summed E-state index contributed by atoms with van der Waals surface area (Å²) in [5.41, 5.74) is 7.61. The number of rotatable bonds is 10. The van der Waals surface area contributed by atoms with E-state index in [0.717, 1.165) is 27.5 Å². The quantitative estimate of drug-likeness (QED) is 0.158. The van der Waals surface area contributed by atoms with Crippen LogP contribution in [-0.4, -0.2) is 46.9 Å². The zero-order chi connectivity index (χ0) is 27.4. The van der Waals surface area contributed by atoms with Crippen molar-refractivity contribution in [3.63, 3.8) is 0 Å². The maximum atomic E-state index is 13.9. The van der Waals surface area contributed by atoms with Crippen LogP contribution in [-0.2, 0) is 33.8 Å². The van der Waals surface area contributed by atoms with Crippen molar-refractivity contribution in [1.82, 2.24) is 16.0 Å². The minimum Gasteiger partial charge on any atom is -0.480 e. The molecule has 214 valence electrons. The Kier molecular flexibility index (Phi) is 11.1. The highest BCUT2D eigenvalue weighted by Crippen LogP contribution is 2.35. The lowest BCUT2D eigenvalue weighted by atomic mass is 9.75. The number of carbonyl (C=O) groups excluding carboxylic acids is 2. The second-order valence-corrected chi connectivity index (χ2v) is 10.1. The number of halogens is 2. The highest BCUT2D eigenvalue weighted by molar-refractivity contribution is 5.98. The standard InChI is InChI=1S/C29H33N5O4.2ClH/c1-17(2)25(32-16-23(35)36)27(37)34-29(28(38)33-15-18-9-11-20(12-10-18)26(30)31)13-21-7-3-5-19-6-4-8-22(14-29)24(19)21;;/h3-12,17,25,32H,13-16H2,1-2H3,(H3,30,31)(H,33,38)(H,34,37)(H,35,36);2*1H/t25-;;/m1../s1. The Balaban J connectivity index is 0.00000280. The first-order valence-electron chi connectivity index (χ1n) is 12.6. The summed E-state index contributed by atoms with van der Waals surface area (Å²) in [6.45, 7) is 3.51. The zero-order valence-corrected chi connectivity index (χ0v) is 24.0. The van der Waals surface area contributed by atoms with Gasteiger partial charge in [0, 0.05) is 24.9 Å². The predicted molar refractivity (Wildman–Crippen MR) is 160 cm³/mol. The van der Waals surface area contributed by atoms with Crippen LogP contribution in [0.4, 0.5) is 0 Å². The van der Waals surface area contributed by atoms with Gasteiger partial charge in [0.05, 0.1) is 12.6 Å². The molecule has 3 aromatic carbocycles. The molecule has 0 unspecified atom stereocenters. The molecule has 0 radical (unpaired) electrons. The molecule has 7 N–H and O–H groups in total. The molecule has 0 heterocycles. The van der Waals surface area contributed by atoms with E-state index in [4.69, 9.17) is 16.2 Å². The van der Waals surface area contributed by atoms with E-state index in [9.17, 15) is 14.4 Å². The molecule has 1 aliphatic carbocycles. The number of carboxylic acids is 1. The number of amides is 2. The summed E-state index contributed by atoms with van der Waals surface area (Å²) in [5, 5.41) is 27.7. The Morgan fingerprint density at radius 1 is 0.975 bits per heavy atom. The topological polar surface area (TPSA) is 157 Å². The minimum atomic E-state index is -1.27. The van der Waals surface area contributed by atoms with Crippen LogP contribution in [0, 0.1) is 11.3 Å². The third kappa shape index (κ3) is 7.10. The summed E-state index contributed by atoms with van der Waals surface area (Å²) in [6, 6.07) is 18.1. The molecule has 0 aromatic heterocycles. The monoisotopic (exact) mass is 587 g/mol. The fraction of sp³-hybridized carbons (Fsp3) is 0.310. The zero-order valence-electron chi connectivity index (χ0n) is 22.3. The highest BCUT2D eigenvalue weighted by atomic mass is 35.5. The Hall–Kier alpha value is -3.66. The van der Waals surface area contributed by atoms with Crippen LogP contribution >= 0.6 is 24.8 Å². The number of nitrogens with one attached hydrogen (secondary N) is 4. The summed E-state index contributed by atoms with van der Waals surface area (Å²) >= 11 is 0. The van der Waals surface area contributed by atoms with Gasteiger partial charge in [-0.25, -0.2) is 0 Å². The van der Waals surface area contributed by atoms with E-state index in [1.165, 1.54) is 0 Å². The first-order chi connectivity index (χ1) is 18.1. The van der Waals surface area contributed by atoms with Gasteiger partial charge in [0.25, 0.3) is 0 Å². The maximum Gasteiger partial charge on any atom is 0.317 e. The SMILES string of the molecule is CC(C)[C@@H](NCC(=O)O)C(=O)NC1(C(=O)NCc2ccc(C(=N)N)cc2)Cc2cccc3cccc(c23)C1.Cl.Cl. The van der Waals surface area contributed by atoms with Gasteiger partial charge in [-0.15, -0.1) is 24.8 Å². The van der Waals surface area contributed by atoms with Gasteiger partial charge in [-0.1, -0.05) is 74.5 Å². The summed E-state index contributed by atoms with van der Waals surface area (Å²) in [6.07, 6.45) is 0.595. The van der Waals surface area contributed by atoms with Crippen molar-refractivity contribution in [2.45, 2.75) is 44.8 Å². The molecule has 0 saturated carbocycles. The number of nitrogen functional groups attached to an aromatic ring is 1. The van der Waals surface area contributed by atoms with Crippen LogP contribution < -0.4 is 21.7 Å². The Bertz CT molecular complexity index is 1350. The van der Waals surface area contributed by atoms with E-state index in [2.05, 4.69) is 16.0 Å². The van der Waals surface area contributed by atoms with Gasteiger partial charge in [0.1, 0.15) is 11.4 Å². The molecule has 0 saturated heterocycles. The lowest BCUT2D eigenvalue weighted by molar-refractivity contribution is -0.137. The molecular weight excluding hydrogens is 553 g/mol. The summed E-state index contributed by atoms with van der Waals surface area (Å²) < 4.78 is 0. The number of benzene rings is 3. The molecule has 0 spiro atoms. The lowest BCUT2D eigenvalue weighted by Gasteiger charge is -2.39. The van der Waals surface area contributed by atoms with E-state index in [1.54, 1.807) is 24.3 Å². The molecule has 3 aromatic rings. The first kappa shape index (κ1) is 32.6. The van der Waals surface area contributed by atoms with Gasteiger partial charge in [0.2, 0.25) is 11.8 Å². The molecular formula is C29H35Cl2N5O4. The van der Waals surface area contributed by atoms with Crippen molar-refractivity contribution in [1.29, 1.82) is 5.41 Å². The van der Waals surface area contributed by atoms with Crippen LogP contribution in [0.5, 0.6) is 0 Å². The van der Waals surface area contributed by atoms with Crippen molar-refractivity contribution in [2.24, 2.45) is 11.7 Å². The summed E-state index contributed by atoms with van der Waals surface area (Å²) in [7, 11) is 0. The number of hydrogen-bond donors (Lipinski definition) is 6. The normalized spacial score (nSPS) is 13.9. The van der Waals surface area contributed by atoms with Crippen LogP contribution in [0.3, 0.4) is 0 Å². The molecule has 0 fully saturated rings.